The SMILES string of the molecule is C[C@H](n1cnnc1-c1nc(NC(=O)c2cc(-n3cnc(C4CC4)c3)c(N3CCOCC3)cn2)cs1)C(F)(F)F. The summed E-state index contributed by atoms with van der Waals surface area (Å²) in [6.45, 7) is 3.61. The van der Waals surface area contributed by atoms with Crippen LogP contribution in [0.5, 0.6) is 0 Å². The van der Waals surface area contributed by atoms with E-state index >= 15 is 0 Å². The number of pyridine rings is 1. The van der Waals surface area contributed by atoms with Gasteiger partial charge in [-0.05, 0) is 25.8 Å². The molecule has 0 unspecified atom stereocenters. The van der Waals surface area contributed by atoms with Gasteiger partial charge in [-0.15, -0.1) is 21.5 Å². The molecule has 4 aromatic rings. The monoisotopic (exact) mass is 559 g/mol. The van der Waals surface area contributed by atoms with Gasteiger partial charge in [0.15, 0.2) is 10.8 Å². The van der Waals surface area contributed by atoms with Gasteiger partial charge in [-0.25, -0.2) is 15.0 Å². The number of thiazole rings is 1. The summed E-state index contributed by atoms with van der Waals surface area (Å²) in [6.07, 6.45) is 4.19. The van der Waals surface area contributed by atoms with Gasteiger partial charge in [0.25, 0.3) is 5.91 Å². The van der Waals surface area contributed by atoms with Gasteiger partial charge in [0.2, 0.25) is 0 Å². The first-order valence-electron chi connectivity index (χ1n) is 12.4. The predicted octanol–water partition coefficient (Wildman–Crippen LogP) is 4.07. The maximum atomic E-state index is 13.2. The number of hydrogen-bond donors (Lipinski definition) is 1. The summed E-state index contributed by atoms with van der Waals surface area (Å²) in [4.78, 5) is 28.6. The number of carbonyl (C=O) groups is 1. The highest BCUT2D eigenvalue weighted by atomic mass is 32.1. The van der Waals surface area contributed by atoms with E-state index in [1.165, 1.54) is 5.38 Å². The number of alkyl halides is 3. The molecular formula is C24H24F3N9O2S. The van der Waals surface area contributed by atoms with Crippen LogP contribution >= 0.6 is 11.3 Å². The number of rotatable bonds is 7. The van der Waals surface area contributed by atoms with Crippen molar-refractivity contribution < 1.29 is 22.7 Å². The minimum absolute atomic E-state index is 0.0350. The number of hydrogen-bond acceptors (Lipinski definition) is 9. The van der Waals surface area contributed by atoms with Crippen molar-refractivity contribution in [2.75, 3.05) is 36.5 Å². The summed E-state index contributed by atoms with van der Waals surface area (Å²) in [5.74, 6) is 0.112. The molecule has 1 amide bonds. The normalized spacial score (nSPS) is 16.9. The minimum Gasteiger partial charge on any atom is -0.378 e. The summed E-state index contributed by atoms with van der Waals surface area (Å²) in [5, 5.41) is 11.8. The van der Waals surface area contributed by atoms with E-state index < -0.39 is 18.1 Å². The summed E-state index contributed by atoms with van der Waals surface area (Å²) in [7, 11) is 0. The lowest BCUT2D eigenvalue weighted by Crippen LogP contribution is -2.37. The van der Waals surface area contributed by atoms with Gasteiger partial charge < -0.3 is 19.5 Å². The molecule has 1 N–H and O–H groups in total. The standard InChI is InChI=1S/C24H24F3N9O2S/c1-14(24(25,26)27)36-13-30-33-21(36)23-32-20(11-39-23)31-22(37)16-8-18(35-10-17(29-12-35)15-2-3-15)19(9-28-16)34-4-6-38-7-5-34/h8-15H,2-7H2,1H3,(H,31,37)/t14-/m0/s1. The highest BCUT2D eigenvalue weighted by Gasteiger charge is 2.39. The van der Waals surface area contributed by atoms with E-state index in [2.05, 4.69) is 35.4 Å². The molecule has 15 heteroatoms. The fourth-order valence-corrected chi connectivity index (χ4v) is 5.06. The summed E-state index contributed by atoms with van der Waals surface area (Å²) >= 11 is 1.05. The Morgan fingerprint density at radius 1 is 1.18 bits per heavy atom. The molecule has 0 radical (unpaired) electrons. The first kappa shape index (κ1) is 25.4. The number of aromatic nitrogens is 7. The van der Waals surface area contributed by atoms with E-state index in [1.54, 1.807) is 18.6 Å². The quantitative estimate of drug-likeness (QED) is 0.360. The van der Waals surface area contributed by atoms with Gasteiger partial charge in [-0.1, -0.05) is 0 Å². The third-order valence-electron chi connectivity index (χ3n) is 6.72. The molecule has 2 aliphatic rings. The molecule has 1 aliphatic carbocycles. The van der Waals surface area contributed by atoms with E-state index in [4.69, 9.17) is 4.74 Å². The summed E-state index contributed by atoms with van der Waals surface area (Å²) in [5.41, 5.74) is 2.81. The van der Waals surface area contributed by atoms with Gasteiger partial charge in [-0.3, -0.25) is 9.36 Å². The number of ether oxygens (including phenoxy) is 1. The topological polar surface area (TPSA) is 116 Å². The van der Waals surface area contributed by atoms with Crippen molar-refractivity contribution >= 4 is 28.7 Å². The van der Waals surface area contributed by atoms with Crippen molar-refractivity contribution in [2.45, 2.75) is 37.9 Å². The number of amides is 1. The van der Waals surface area contributed by atoms with Crippen molar-refractivity contribution in [3.63, 3.8) is 0 Å². The molecule has 4 aromatic heterocycles. The van der Waals surface area contributed by atoms with Crippen LogP contribution in [-0.2, 0) is 4.74 Å². The Morgan fingerprint density at radius 2 is 1.97 bits per heavy atom. The number of nitrogens with zero attached hydrogens (tertiary/aromatic N) is 8. The van der Waals surface area contributed by atoms with Crippen LogP contribution in [0.2, 0.25) is 0 Å². The highest BCUT2D eigenvalue weighted by molar-refractivity contribution is 7.13. The Labute approximate surface area is 224 Å². The van der Waals surface area contributed by atoms with Crippen molar-refractivity contribution in [3.05, 3.63) is 47.9 Å². The van der Waals surface area contributed by atoms with Crippen LogP contribution in [0.1, 0.15) is 47.9 Å². The lowest BCUT2D eigenvalue weighted by Gasteiger charge is -2.30. The molecule has 5 heterocycles. The van der Waals surface area contributed by atoms with Gasteiger partial charge in [0.1, 0.15) is 23.9 Å². The van der Waals surface area contributed by atoms with E-state index in [0.717, 1.165) is 59.1 Å². The van der Waals surface area contributed by atoms with E-state index in [0.29, 0.717) is 32.2 Å². The smallest absolute Gasteiger partial charge is 0.378 e. The second-order valence-electron chi connectivity index (χ2n) is 9.41. The molecule has 0 aromatic carbocycles. The van der Waals surface area contributed by atoms with Crippen LogP contribution in [0.3, 0.4) is 0 Å². The zero-order valence-corrected chi connectivity index (χ0v) is 21.6. The molecule has 6 rings (SSSR count). The number of nitrogens with one attached hydrogen (secondary N) is 1. The maximum absolute atomic E-state index is 13.2. The molecule has 0 bridgehead atoms. The van der Waals surface area contributed by atoms with Gasteiger partial charge in [-0.2, -0.15) is 13.2 Å². The molecule has 1 saturated carbocycles. The molecule has 2 fully saturated rings. The first-order chi connectivity index (χ1) is 18.8. The lowest BCUT2D eigenvalue weighted by atomic mass is 10.2. The van der Waals surface area contributed by atoms with Crippen molar-refractivity contribution in [1.29, 1.82) is 0 Å². The fraction of sp³-hybridized carbons (Fsp3) is 0.417. The predicted molar refractivity (Wildman–Crippen MR) is 136 cm³/mol. The van der Waals surface area contributed by atoms with Crippen LogP contribution in [-0.4, -0.2) is 72.7 Å². The number of anilines is 2. The number of halogens is 3. The summed E-state index contributed by atoms with van der Waals surface area (Å²) < 4.78 is 48.0. The van der Waals surface area contributed by atoms with Gasteiger partial charge >= 0.3 is 6.18 Å². The van der Waals surface area contributed by atoms with Crippen LogP contribution in [0.25, 0.3) is 16.5 Å². The van der Waals surface area contributed by atoms with E-state index in [9.17, 15) is 18.0 Å². The molecule has 0 spiro atoms. The van der Waals surface area contributed by atoms with Crippen molar-refractivity contribution in [1.82, 2.24) is 34.3 Å². The van der Waals surface area contributed by atoms with Gasteiger partial charge in [0.05, 0.1) is 42.8 Å². The second kappa shape index (κ2) is 10.0. The highest BCUT2D eigenvalue weighted by Crippen LogP contribution is 2.39. The molecular weight excluding hydrogens is 535 g/mol. The van der Waals surface area contributed by atoms with Crippen LogP contribution in [0.4, 0.5) is 24.7 Å². The third kappa shape index (κ3) is 5.23. The van der Waals surface area contributed by atoms with Crippen LogP contribution in [0, 0.1) is 0 Å². The van der Waals surface area contributed by atoms with Crippen molar-refractivity contribution in [3.8, 4) is 16.5 Å². The minimum atomic E-state index is -4.48. The molecule has 1 atom stereocenters. The average molecular weight is 560 g/mol. The van der Waals surface area contributed by atoms with Crippen LogP contribution < -0.4 is 10.2 Å². The Balaban J connectivity index is 1.25. The maximum Gasteiger partial charge on any atom is 0.408 e. The van der Waals surface area contributed by atoms with Crippen molar-refractivity contribution in [2.24, 2.45) is 0 Å². The Kier molecular flexibility index (Phi) is 6.54. The summed E-state index contributed by atoms with van der Waals surface area (Å²) in [6, 6.07) is -0.131. The number of imidazole rings is 1. The molecule has 204 valence electrons. The zero-order chi connectivity index (χ0) is 27.1. The average Bonchev–Trinajstić information content (AvgIpc) is 3.30. The molecule has 1 aliphatic heterocycles. The molecule has 11 nitrogen and oxygen atoms in total. The Bertz CT molecular complexity index is 1490. The largest absolute Gasteiger partial charge is 0.408 e. The molecule has 39 heavy (non-hydrogen) atoms. The van der Waals surface area contributed by atoms with E-state index in [1.807, 2.05) is 10.8 Å². The van der Waals surface area contributed by atoms with Crippen LogP contribution in [0.15, 0.2) is 36.5 Å². The second-order valence-corrected chi connectivity index (χ2v) is 10.3. The van der Waals surface area contributed by atoms with E-state index in [-0.39, 0.29) is 22.3 Å². The third-order valence-corrected chi connectivity index (χ3v) is 7.56. The number of carbonyl (C=O) groups excluding carboxylic acids is 1. The zero-order valence-electron chi connectivity index (χ0n) is 20.8. The first-order valence-corrected chi connectivity index (χ1v) is 13.3. The lowest BCUT2D eigenvalue weighted by molar-refractivity contribution is -0.162. The Morgan fingerprint density at radius 3 is 2.72 bits per heavy atom. The Hall–Kier alpha value is -3.85. The van der Waals surface area contributed by atoms with Gasteiger partial charge in [0, 0.05) is 30.6 Å². The number of morpholine rings is 1. The molecule has 1 saturated heterocycles. The fourth-order valence-electron chi connectivity index (χ4n) is 4.33.